The van der Waals surface area contributed by atoms with Crippen LogP contribution in [0.25, 0.3) is 0 Å². The molecule has 1 saturated carbocycles. The Labute approximate surface area is 129 Å². The lowest BCUT2D eigenvalue weighted by Crippen LogP contribution is -2.43. The Morgan fingerprint density at radius 3 is 2.29 bits per heavy atom. The molecule has 2 rings (SSSR count). The zero-order chi connectivity index (χ0) is 15.7. The van der Waals surface area contributed by atoms with Crippen LogP contribution in [0.2, 0.25) is 0 Å². The number of sulfone groups is 1. The van der Waals surface area contributed by atoms with E-state index in [0.29, 0.717) is 18.8 Å². The van der Waals surface area contributed by atoms with Crippen LogP contribution in [-0.2, 0) is 19.9 Å². The van der Waals surface area contributed by atoms with Crippen LogP contribution < -0.4 is 0 Å². The molecule has 2 aliphatic rings. The first kappa shape index (κ1) is 17.2. The van der Waals surface area contributed by atoms with E-state index < -0.39 is 19.9 Å². The van der Waals surface area contributed by atoms with Crippen LogP contribution in [0, 0.1) is 11.8 Å². The van der Waals surface area contributed by atoms with E-state index >= 15 is 0 Å². The van der Waals surface area contributed by atoms with Gasteiger partial charge in [-0.15, -0.1) is 0 Å². The number of hydrogen-bond donors (Lipinski definition) is 0. The molecule has 7 heteroatoms. The second-order valence-corrected chi connectivity index (χ2v) is 11.1. The fourth-order valence-electron chi connectivity index (χ4n) is 3.50. The number of hydrogen-bond acceptors (Lipinski definition) is 4. The van der Waals surface area contributed by atoms with Gasteiger partial charge in [-0.05, 0) is 50.4 Å². The van der Waals surface area contributed by atoms with Gasteiger partial charge in [-0.2, -0.15) is 0 Å². The van der Waals surface area contributed by atoms with Crippen molar-refractivity contribution < 1.29 is 16.8 Å². The third-order valence-electron chi connectivity index (χ3n) is 4.94. The van der Waals surface area contributed by atoms with Crippen LogP contribution in [0.5, 0.6) is 0 Å². The quantitative estimate of drug-likeness (QED) is 0.782. The van der Waals surface area contributed by atoms with E-state index in [0.717, 1.165) is 25.7 Å². The van der Waals surface area contributed by atoms with Crippen LogP contribution in [0.3, 0.4) is 0 Å². The van der Waals surface area contributed by atoms with E-state index in [4.69, 9.17) is 0 Å². The minimum atomic E-state index is -3.36. The maximum Gasteiger partial charge on any atom is 0.214 e. The lowest BCUT2D eigenvalue weighted by molar-refractivity contribution is 0.245. The lowest BCUT2D eigenvalue weighted by Gasteiger charge is -2.34. The highest BCUT2D eigenvalue weighted by molar-refractivity contribution is 7.91. The third-order valence-corrected chi connectivity index (χ3v) is 8.90. The van der Waals surface area contributed by atoms with Crippen LogP contribution >= 0.6 is 0 Å². The highest BCUT2D eigenvalue weighted by Gasteiger charge is 2.34. The molecule has 0 aromatic carbocycles. The van der Waals surface area contributed by atoms with Crippen molar-refractivity contribution in [3.05, 3.63) is 0 Å². The molecule has 0 amide bonds. The second kappa shape index (κ2) is 6.54. The standard InChI is InChI=1S/C14H27NO4S2/c1-12-5-7-14(8-6-12)15(2)21(18,19)11-13-4-3-9-20(16,17)10-13/h12-14H,3-11H2,1-2H3. The van der Waals surface area contributed by atoms with Gasteiger partial charge in [0.15, 0.2) is 9.84 Å². The molecule has 1 aliphatic heterocycles. The molecule has 0 aromatic rings. The van der Waals surface area contributed by atoms with Gasteiger partial charge in [-0.1, -0.05) is 6.92 Å². The van der Waals surface area contributed by atoms with Crippen LogP contribution in [0.1, 0.15) is 45.4 Å². The smallest absolute Gasteiger partial charge is 0.214 e. The molecule has 0 bridgehead atoms. The molecule has 124 valence electrons. The number of rotatable bonds is 4. The predicted molar refractivity (Wildman–Crippen MR) is 84.3 cm³/mol. The Morgan fingerprint density at radius 2 is 1.71 bits per heavy atom. The highest BCUT2D eigenvalue weighted by Crippen LogP contribution is 2.29. The molecule has 0 N–H and O–H groups in total. The molecule has 0 spiro atoms. The van der Waals surface area contributed by atoms with E-state index in [9.17, 15) is 16.8 Å². The van der Waals surface area contributed by atoms with E-state index in [1.165, 1.54) is 4.31 Å². The van der Waals surface area contributed by atoms with Gasteiger partial charge in [-0.25, -0.2) is 21.1 Å². The predicted octanol–water partition coefficient (Wildman–Crippen LogP) is 1.65. The number of nitrogens with zero attached hydrogens (tertiary/aromatic N) is 1. The normalized spacial score (nSPS) is 34.0. The summed E-state index contributed by atoms with van der Waals surface area (Å²) in [5.74, 6) is 0.663. The van der Waals surface area contributed by atoms with Gasteiger partial charge in [0.2, 0.25) is 10.0 Å². The summed E-state index contributed by atoms with van der Waals surface area (Å²) in [6.45, 7) is 2.21. The Morgan fingerprint density at radius 1 is 1.10 bits per heavy atom. The molecule has 1 heterocycles. The first-order chi connectivity index (χ1) is 9.70. The molecular formula is C14H27NO4S2. The largest absolute Gasteiger partial charge is 0.229 e. The Balaban J connectivity index is 1.97. The molecule has 1 saturated heterocycles. The van der Waals surface area contributed by atoms with Gasteiger partial charge in [-0.3, -0.25) is 0 Å². The van der Waals surface area contributed by atoms with Crippen LogP contribution in [0.4, 0.5) is 0 Å². The van der Waals surface area contributed by atoms with Gasteiger partial charge in [0, 0.05) is 13.1 Å². The molecule has 1 aliphatic carbocycles. The summed E-state index contributed by atoms with van der Waals surface area (Å²) in [7, 11) is -4.74. The van der Waals surface area contributed by atoms with Crippen molar-refractivity contribution in [2.75, 3.05) is 24.3 Å². The minimum absolute atomic E-state index is 0.0191. The third kappa shape index (κ3) is 4.66. The van der Waals surface area contributed by atoms with E-state index in [1.54, 1.807) is 7.05 Å². The Bertz CT molecular complexity index is 548. The highest BCUT2D eigenvalue weighted by atomic mass is 32.2. The van der Waals surface area contributed by atoms with Gasteiger partial charge in [0.05, 0.1) is 17.3 Å². The summed E-state index contributed by atoms with van der Waals surface area (Å²) in [6, 6.07) is 0.0893. The first-order valence-corrected chi connectivity index (χ1v) is 11.3. The summed E-state index contributed by atoms with van der Waals surface area (Å²) in [5, 5.41) is 0. The molecule has 2 fully saturated rings. The summed E-state index contributed by atoms with van der Waals surface area (Å²) in [5.41, 5.74) is 0. The molecular weight excluding hydrogens is 310 g/mol. The van der Waals surface area contributed by atoms with E-state index in [-0.39, 0.29) is 29.2 Å². The molecule has 0 aromatic heterocycles. The summed E-state index contributed by atoms with van der Waals surface area (Å²) < 4.78 is 49.8. The van der Waals surface area contributed by atoms with Crippen molar-refractivity contribution in [1.82, 2.24) is 4.31 Å². The maximum absolute atomic E-state index is 12.5. The summed E-state index contributed by atoms with van der Waals surface area (Å²) in [4.78, 5) is 0. The van der Waals surface area contributed by atoms with Gasteiger partial charge in [0.25, 0.3) is 0 Å². The van der Waals surface area contributed by atoms with Crippen molar-refractivity contribution in [2.24, 2.45) is 11.8 Å². The molecule has 5 nitrogen and oxygen atoms in total. The summed E-state index contributed by atoms with van der Waals surface area (Å²) >= 11 is 0. The fourth-order valence-corrected chi connectivity index (χ4v) is 7.20. The van der Waals surface area contributed by atoms with Crippen molar-refractivity contribution in [3.63, 3.8) is 0 Å². The average molecular weight is 338 g/mol. The topological polar surface area (TPSA) is 71.5 Å². The average Bonchev–Trinajstić information content (AvgIpc) is 2.37. The van der Waals surface area contributed by atoms with E-state index in [1.807, 2.05) is 0 Å². The Hall–Kier alpha value is -0.140. The number of sulfonamides is 1. The van der Waals surface area contributed by atoms with E-state index in [2.05, 4.69) is 6.92 Å². The maximum atomic E-state index is 12.5. The van der Waals surface area contributed by atoms with Crippen LogP contribution in [-0.4, -0.2) is 51.5 Å². The molecule has 0 radical (unpaired) electrons. The molecule has 1 unspecified atom stereocenters. The SMILES string of the molecule is CC1CCC(N(C)S(=O)(=O)CC2CCCS(=O)(=O)C2)CC1. The zero-order valence-electron chi connectivity index (χ0n) is 13.0. The zero-order valence-corrected chi connectivity index (χ0v) is 14.6. The van der Waals surface area contributed by atoms with Crippen molar-refractivity contribution >= 4 is 19.9 Å². The lowest BCUT2D eigenvalue weighted by atomic mass is 9.87. The molecule has 1 atom stereocenters. The van der Waals surface area contributed by atoms with Gasteiger partial charge < -0.3 is 0 Å². The van der Waals surface area contributed by atoms with Crippen molar-refractivity contribution in [3.8, 4) is 0 Å². The summed E-state index contributed by atoms with van der Waals surface area (Å²) in [6.07, 6.45) is 5.27. The molecule has 21 heavy (non-hydrogen) atoms. The Kier molecular flexibility index (Phi) is 5.36. The van der Waals surface area contributed by atoms with Gasteiger partial charge >= 0.3 is 0 Å². The van der Waals surface area contributed by atoms with Crippen molar-refractivity contribution in [2.45, 2.75) is 51.5 Å². The van der Waals surface area contributed by atoms with Crippen molar-refractivity contribution in [1.29, 1.82) is 0 Å². The fraction of sp³-hybridized carbons (Fsp3) is 1.00. The second-order valence-electron chi connectivity index (χ2n) is 6.83. The van der Waals surface area contributed by atoms with Gasteiger partial charge in [0.1, 0.15) is 0 Å². The van der Waals surface area contributed by atoms with Crippen LogP contribution in [0.15, 0.2) is 0 Å². The monoisotopic (exact) mass is 337 g/mol. The minimum Gasteiger partial charge on any atom is -0.229 e. The first-order valence-electron chi connectivity index (χ1n) is 7.86.